The molecule has 0 bridgehead atoms. The van der Waals surface area contributed by atoms with E-state index in [9.17, 15) is 5.11 Å². The number of hydrogen-bond acceptors (Lipinski definition) is 5. The zero-order valence-electron chi connectivity index (χ0n) is 11.0. The highest BCUT2D eigenvalue weighted by Crippen LogP contribution is 2.45. The van der Waals surface area contributed by atoms with Gasteiger partial charge in [-0.2, -0.15) is 0 Å². The average Bonchev–Trinajstić information content (AvgIpc) is 2.38. The van der Waals surface area contributed by atoms with Gasteiger partial charge in [0.15, 0.2) is 6.10 Å². The maximum atomic E-state index is 10.7. The number of rotatable bonds is 3. The normalized spacial score (nSPS) is 29.5. The van der Waals surface area contributed by atoms with Crippen LogP contribution in [0.1, 0.15) is 12.5 Å². The van der Waals surface area contributed by atoms with E-state index in [0.717, 1.165) is 0 Å². The molecule has 18 heavy (non-hydrogen) atoms. The number of fused-ring (bicyclic) bond motifs is 1. The van der Waals surface area contributed by atoms with E-state index in [1.165, 1.54) is 21.3 Å². The van der Waals surface area contributed by atoms with E-state index in [2.05, 4.69) is 0 Å². The van der Waals surface area contributed by atoms with Crippen LogP contribution in [-0.2, 0) is 19.8 Å². The summed E-state index contributed by atoms with van der Waals surface area (Å²) >= 11 is 0. The summed E-state index contributed by atoms with van der Waals surface area (Å²) in [6, 6.07) is 7.19. The monoisotopic (exact) mass is 254 g/mol. The first-order valence-electron chi connectivity index (χ1n) is 5.66. The van der Waals surface area contributed by atoms with Crippen molar-refractivity contribution >= 4 is 0 Å². The van der Waals surface area contributed by atoms with Gasteiger partial charge < -0.3 is 24.1 Å². The molecule has 0 spiro atoms. The SMILES string of the molecule is COC1C(OC)(OC)Oc2ccccc2C1(C)O. The lowest BCUT2D eigenvalue weighted by molar-refractivity contribution is -0.396. The average molecular weight is 254 g/mol. The molecule has 2 atom stereocenters. The van der Waals surface area contributed by atoms with Crippen molar-refractivity contribution in [3.05, 3.63) is 29.8 Å². The van der Waals surface area contributed by atoms with E-state index in [-0.39, 0.29) is 0 Å². The van der Waals surface area contributed by atoms with Crippen LogP contribution in [-0.4, -0.2) is 38.5 Å². The van der Waals surface area contributed by atoms with Crippen LogP contribution in [0.25, 0.3) is 0 Å². The Hall–Kier alpha value is -1.14. The van der Waals surface area contributed by atoms with Crippen LogP contribution < -0.4 is 4.74 Å². The van der Waals surface area contributed by atoms with Crippen molar-refractivity contribution in [2.24, 2.45) is 0 Å². The molecule has 0 fully saturated rings. The summed E-state index contributed by atoms with van der Waals surface area (Å²) in [5.41, 5.74) is -0.642. The Morgan fingerprint density at radius 2 is 1.78 bits per heavy atom. The molecule has 2 unspecified atom stereocenters. The van der Waals surface area contributed by atoms with Crippen LogP contribution in [0.4, 0.5) is 0 Å². The maximum absolute atomic E-state index is 10.7. The fourth-order valence-electron chi connectivity index (χ4n) is 2.42. The molecule has 5 heteroatoms. The molecule has 5 nitrogen and oxygen atoms in total. The van der Waals surface area contributed by atoms with Crippen LogP contribution in [0.2, 0.25) is 0 Å². The Labute approximate surface area is 106 Å². The highest BCUT2D eigenvalue weighted by Gasteiger charge is 2.58. The van der Waals surface area contributed by atoms with Gasteiger partial charge in [-0.1, -0.05) is 18.2 Å². The lowest BCUT2D eigenvalue weighted by Gasteiger charge is -2.47. The van der Waals surface area contributed by atoms with Crippen molar-refractivity contribution in [2.75, 3.05) is 21.3 Å². The summed E-state index contributed by atoms with van der Waals surface area (Å²) in [7, 11) is 4.36. The molecule has 100 valence electrons. The van der Waals surface area contributed by atoms with Gasteiger partial charge in [-0.05, 0) is 13.0 Å². The van der Waals surface area contributed by atoms with Gasteiger partial charge in [-0.3, -0.25) is 0 Å². The maximum Gasteiger partial charge on any atom is 0.357 e. The van der Waals surface area contributed by atoms with Crippen molar-refractivity contribution in [3.8, 4) is 5.75 Å². The smallest absolute Gasteiger partial charge is 0.357 e. The van der Waals surface area contributed by atoms with Gasteiger partial charge in [-0.15, -0.1) is 0 Å². The molecular weight excluding hydrogens is 236 g/mol. The summed E-state index contributed by atoms with van der Waals surface area (Å²) < 4.78 is 21.7. The first-order valence-corrected chi connectivity index (χ1v) is 5.66. The van der Waals surface area contributed by atoms with E-state index in [0.29, 0.717) is 11.3 Å². The van der Waals surface area contributed by atoms with Gasteiger partial charge in [0.05, 0.1) is 0 Å². The Morgan fingerprint density at radius 3 is 2.33 bits per heavy atom. The summed E-state index contributed by atoms with van der Waals surface area (Å²) in [6.07, 6.45) is -0.810. The van der Waals surface area contributed by atoms with Crippen molar-refractivity contribution < 1.29 is 24.1 Å². The van der Waals surface area contributed by atoms with Gasteiger partial charge >= 0.3 is 5.97 Å². The van der Waals surface area contributed by atoms with Crippen LogP contribution in [0.15, 0.2) is 24.3 Å². The second-order valence-corrected chi connectivity index (χ2v) is 4.37. The van der Waals surface area contributed by atoms with Gasteiger partial charge in [0.1, 0.15) is 11.4 Å². The number of benzene rings is 1. The van der Waals surface area contributed by atoms with Gasteiger partial charge in [0.25, 0.3) is 0 Å². The molecule has 0 saturated carbocycles. The van der Waals surface area contributed by atoms with E-state index in [1.807, 2.05) is 12.1 Å². The minimum atomic E-state index is -1.47. The number of methoxy groups -OCH3 is 3. The molecule has 0 radical (unpaired) electrons. The predicted octanol–water partition coefficient (Wildman–Crippen LogP) is 1.25. The molecule has 0 aliphatic carbocycles. The molecule has 1 aliphatic rings. The number of hydrogen-bond donors (Lipinski definition) is 1. The molecule has 1 heterocycles. The van der Waals surface area contributed by atoms with Crippen LogP contribution in [0.5, 0.6) is 5.75 Å². The first-order chi connectivity index (χ1) is 8.51. The minimum absolute atomic E-state index is 0.513. The van der Waals surface area contributed by atoms with E-state index in [1.54, 1.807) is 19.1 Å². The second kappa shape index (κ2) is 4.51. The molecule has 1 aromatic carbocycles. The molecule has 2 rings (SSSR count). The zero-order chi connectivity index (χ0) is 13.4. The minimum Gasteiger partial charge on any atom is -0.437 e. The second-order valence-electron chi connectivity index (χ2n) is 4.37. The fourth-order valence-corrected chi connectivity index (χ4v) is 2.42. The van der Waals surface area contributed by atoms with Crippen molar-refractivity contribution in [2.45, 2.75) is 24.6 Å². The molecule has 1 aliphatic heterocycles. The third-order valence-corrected chi connectivity index (χ3v) is 3.32. The fraction of sp³-hybridized carbons (Fsp3) is 0.538. The Bertz CT molecular complexity index is 425. The van der Waals surface area contributed by atoms with Crippen molar-refractivity contribution in [3.63, 3.8) is 0 Å². The highest BCUT2D eigenvalue weighted by molar-refractivity contribution is 5.41. The topological polar surface area (TPSA) is 57.2 Å². The Kier molecular flexibility index (Phi) is 3.33. The molecule has 0 aromatic heterocycles. The molecule has 1 N–H and O–H groups in total. The van der Waals surface area contributed by atoms with Gasteiger partial charge in [0, 0.05) is 26.9 Å². The van der Waals surface area contributed by atoms with Crippen LogP contribution in [0, 0.1) is 0 Å². The van der Waals surface area contributed by atoms with Gasteiger partial charge in [0.2, 0.25) is 0 Å². The first kappa shape index (κ1) is 13.3. The standard InChI is InChI=1S/C13H18O5/c1-12(14)9-7-5-6-8-10(9)18-13(16-3,17-4)11(12)15-2/h5-8,11,14H,1-4H3. The lowest BCUT2D eigenvalue weighted by atomic mass is 9.85. The van der Waals surface area contributed by atoms with Crippen molar-refractivity contribution in [1.82, 2.24) is 0 Å². The van der Waals surface area contributed by atoms with E-state index < -0.39 is 17.7 Å². The van der Waals surface area contributed by atoms with Crippen LogP contribution in [0.3, 0.4) is 0 Å². The molecule has 0 amide bonds. The van der Waals surface area contributed by atoms with Crippen LogP contribution >= 0.6 is 0 Å². The summed E-state index contributed by atoms with van der Waals surface area (Å²) in [5, 5.41) is 10.7. The predicted molar refractivity (Wildman–Crippen MR) is 64.2 cm³/mol. The molecule has 0 saturated heterocycles. The van der Waals surface area contributed by atoms with E-state index >= 15 is 0 Å². The Balaban J connectivity index is 2.59. The summed E-state index contributed by atoms with van der Waals surface area (Å²) in [6.45, 7) is 1.65. The third kappa shape index (κ3) is 1.71. The quantitative estimate of drug-likeness (QED) is 0.823. The Morgan fingerprint density at radius 1 is 1.17 bits per heavy atom. The zero-order valence-corrected chi connectivity index (χ0v) is 11.0. The summed E-state index contributed by atoms with van der Waals surface area (Å²) in [5.74, 6) is -0.952. The third-order valence-electron chi connectivity index (χ3n) is 3.32. The number of aliphatic hydroxyl groups is 1. The number of para-hydroxylation sites is 1. The largest absolute Gasteiger partial charge is 0.437 e. The number of ether oxygens (including phenoxy) is 4. The van der Waals surface area contributed by atoms with E-state index in [4.69, 9.17) is 18.9 Å². The summed E-state index contributed by atoms with van der Waals surface area (Å²) in [4.78, 5) is 0. The molecular formula is C13H18O5. The highest BCUT2D eigenvalue weighted by atomic mass is 16.9. The van der Waals surface area contributed by atoms with Gasteiger partial charge in [-0.25, -0.2) is 0 Å². The van der Waals surface area contributed by atoms with Crippen molar-refractivity contribution in [1.29, 1.82) is 0 Å². The lowest BCUT2D eigenvalue weighted by Crippen LogP contribution is -2.63. The molecule has 1 aromatic rings.